The number of carbonyl (C=O) groups is 2. The number of carbonyl (C=O) groups excluding carboxylic acids is 2. The third-order valence-electron chi connectivity index (χ3n) is 4.21. The summed E-state index contributed by atoms with van der Waals surface area (Å²) in [7, 11) is 0. The van der Waals surface area contributed by atoms with Crippen molar-refractivity contribution in [3.05, 3.63) is 71.8 Å². The van der Waals surface area contributed by atoms with Gasteiger partial charge in [-0.2, -0.15) is 0 Å². The molecule has 3 aromatic rings. The van der Waals surface area contributed by atoms with Crippen molar-refractivity contribution < 1.29 is 9.59 Å². The maximum Gasteiger partial charge on any atom is 0.257 e. The zero-order valence-corrected chi connectivity index (χ0v) is 13.9. The van der Waals surface area contributed by atoms with Gasteiger partial charge in [0.2, 0.25) is 0 Å². The number of para-hydroxylation sites is 1. The number of H-pyrrole nitrogens is 1. The number of nitrogens with zero attached hydrogens (tertiary/aromatic N) is 1. The summed E-state index contributed by atoms with van der Waals surface area (Å²) in [5.41, 5.74) is 4.07. The number of nitrogens with one attached hydrogen (secondary N) is 4. The van der Waals surface area contributed by atoms with Crippen molar-refractivity contribution in [3.63, 3.8) is 0 Å². The van der Waals surface area contributed by atoms with E-state index in [9.17, 15) is 9.59 Å². The highest BCUT2D eigenvalue weighted by atomic mass is 16.2. The first kappa shape index (κ1) is 15.9. The molecule has 7 nitrogen and oxygen atoms in total. The topological polar surface area (TPSA) is 98.9 Å². The van der Waals surface area contributed by atoms with E-state index < -0.39 is 0 Å². The largest absolute Gasteiger partial charge is 0.353 e. The van der Waals surface area contributed by atoms with Gasteiger partial charge in [0.15, 0.2) is 0 Å². The van der Waals surface area contributed by atoms with Gasteiger partial charge in [-0.15, -0.1) is 0 Å². The van der Waals surface area contributed by atoms with Crippen LogP contribution in [0, 0.1) is 0 Å². The highest BCUT2D eigenvalue weighted by Gasteiger charge is 2.19. The van der Waals surface area contributed by atoms with Crippen molar-refractivity contribution in [2.45, 2.75) is 6.42 Å². The molecular weight excluding hydrogens is 330 g/mol. The molecule has 0 saturated heterocycles. The highest BCUT2D eigenvalue weighted by molar-refractivity contribution is 6.12. The number of anilines is 3. The molecule has 130 valence electrons. The van der Waals surface area contributed by atoms with Crippen LogP contribution in [0.1, 0.15) is 26.4 Å². The van der Waals surface area contributed by atoms with Crippen LogP contribution in [0.3, 0.4) is 0 Å². The van der Waals surface area contributed by atoms with Gasteiger partial charge in [0.05, 0.1) is 29.0 Å². The van der Waals surface area contributed by atoms with Crippen LogP contribution in [0.5, 0.6) is 0 Å². The van der Waals surface area contributed by atoms with Crippen LogP contribution in [0.25, 0.3) is 0 Å². The Labute approximate surface area is 149 Å². The zero-order valence-electron chi connectivity index (χ0n) is 13.9. The quantitative estimate of drug-likeness (QED) is 0.583. The van der Waals surface area contributed by atoms with E-state index in [0.717, 1.165) is 17.1 Å². The summed E-state index contributed by atoms with van der Waals surface area (Å²) in [6.07, 6.45) is 4.01. The predicted octanol–water partition coefficient (Wildman–Crippen LogP) is 2.69. The third-order valence-corrected chi connectivity index (χ3v) is 4.21. The molecule has 0 unspecified atom stereocenters. The number of hydrogen-bond acceptors (Lipinski definition) is 4. The molecule has 26 heavy (non-hydrogen) atoms. The SMILES string of the molecule is O=C(NCCc1cnc[nH]1)c1ccc2c(c1)NC(=O)c1ccccc1N2. The maximum absolute atomic E-state index is 12.4. The van der Waals surface area contributed by atoms with E-state index in [1.165, 1.54) is 0 Å². The molecular formula is C19H17N5O2. The van der Waals surface area contributed by atoms with Gasteiger partial charge in [0.1, 0.15) is 0 Å². The van der Waals surface area contributed by atoms with Gasteiger partial charge in [-0.25, -0.2) is 4.98 Å². The molecule has 4 N–H and O–H groups in total. The number of benzene rings is 2. The summed E-state index contributed by atoms with van der Waals surface area (Å²) < 4.78 is 0. The van der Waals surface area contributed by atoms with Crippen LogP contribution in [-0.4, -0.2) is 28.3 Å². The predicted molar refractivity (Wildman–Crippen MR) is 98.7 cm³/mol. The highest BCUT2D eigenvalue weighted by Crippen LogP contribution is 2.32. The van der Waals surface area contributed by atoms with E-state index in [4.69, 9.17) is 0 Å². The first-order valence-electron chi connectivity index (χ1n) is 8.27. The monoisotopic (exact) mass is 347 g/mol. The van der Waals surface area contributed by atoms with E-state index in [1.807, 2.05) is 18.2 Å². The Kier molecular flexibility index (Phi) is 4.10. The number of imidazole rings is 1. The Morgan fingerprint density at radius 1 is 1.04 bits per heavy atom. The number of aromatic nitrogens is 2. The fourth-order valence-corrected chi connectivity index (χ4v) is 2.86. The van der Waals surface area contributed by atoms with E-state index in [-0.39, 0.29) is 11.8 Å². The number of fused-ring (bicyclic) bond motifs is 2. The van der Waals surface area contributed by atoms with Crippen molar-refractivity contribution in [3.8, 4) is 0 Å². The first-order valence-corrected chi connectivity index (χ1v) is 8.27. The van der Waals surface area contributed by atoms with Crippen LogP contribution >= 0.6 is 0 Å². The molecule has 7 heteroatoms. The van der Waals surface area contributed by atoms with E-state index in [0.29, 0.717) is 29.8 Å². The van der Waals surface area contributed by atoms with Crippen molar-refractivity contribution in [1.29, 1.82) is 0 Å². The average molecular weight is 347 g/mol. The van der Waals surface area contributed by atoms with Crippen molar-refractivity contribution >= 4 is 28.9 Å². The van der Waals surface area contributed by atoms with Gasteiger partial charge >= 0.3 is 0 Å². The van der Waals surface area contributed by atoms with E-state index in [1.54, 1.807) is 36.8 Å². The second-order valence-corrected chi connectivity index (χ2v) is 5.97. The summed E-state index contributed by atoms with van der Waals surface area (Å²) in [6.45, 7) is 0.494. The molecule has 2 heterocycles. The summed E-state index contributed by atoms with van der Waals surface area (Å²) in [4.78, 5) is 31.7. The Morgan fingerprint density at radius 3 is 2.77 bits per heavy atom. The molecule has 4 rings (SSSR count). The van der Waals surface area contributed by atoms with Crippen LogP contribution in [-0.2, 0) is 6.42 Å². The van der Waals surface area contributed by atoms with E-state index >= 15 is 0 Å². The summed E-state index contributed by atoms with van der Waals surface area (Å²) in [5.74, 6) is -0.396. The fraction of sp³-hybridized carbons (Fsp3) is 0.105. The molecule has 1 aromatic heterocycles. The van der Waals surface area contributed by atoms with Gasteiger partial charge in [0.25, 0.3) is 11.8 Å². The summed E-state index contributed by atoms with van der Waals surface area (Å²) >= 11 is 0. The van der Waals surface area contributed by atoms with Gasteiger partial charge in [-0.1, -0.05) is 12.1 Å². The number of hydrogen-bond donors (Lipinski definition) is 4. The minimum absolute atomic E-state index is 0.191. The molecule has 0 aliphatic carbocycles. The Balaban J connectivity index is 1.49. The Morgan fingerprint density at radius 2 is 1.92 bits per heavy atom. The Bertz CT molecular complexity index is 966. The van der Waals surface area contributed by atoms with Gasteiger partial charge in [0, 0.05) is 30.4 Å². The minimum Gasteiger partial charge on any atom is -0.353 e. The number of aromatic amines is 1. The van der Waals surface area contributed by atoms with Crippen molar-refractivity contribution in [2.75, 3.05) is 17.2 Å². The second kappa shape index (κ2) is 6.72. The first-order chi connectivity index (χ1) is 12.7. The molecule has 0 saturated carbocycles. The lowest BCUT2D eigenvalue weighted by Crippen LogP contribution is -2.26. The smallest absolute Gasteiger partial charge is 0.257 e. The fourth-order valence-electron chi connectivity index (χ4n) is 2.86. The normalized spacial score (nSPS) is 12.2. The third kappa shape index (κ3) is 3.14. The molecule has 2 amide bonds. The minimum atomic E-state index is -0.205. The molecule has 1 aliphatic heterocycles. The standard InChI is InChI=1S/C19H17N5O2/c25-18(21-8-7-13-10-20-11-22-13)12-5-6-16-17(9-12)24-19(26)14-3-1-2-4-15(14)23-16/h1-6,9-11,23H,7-8H2,(H,20,22)(H,21,25)(H,24,26). The molecule has 0 radical (unpaired) electrons. The lowest BCUT2D eigenvalue weighted by Gasteiger charge is -2.11. The molecule has 1 aliphatic rings. The number of amides is 2. The molecule has 2 aromatic carbocycles. The average Bonchev–Trinajstić information content (AvgIpc) is 3.12. The van der Waals surface area contributed by atoms with Gasteiger partial charge in [-0.3, -0.25) is 9.59 Å². The molecule has 0 atom stereocenters. The molecule has 0 spiro atoms. The van der Waals surface area contributed by atoms with Crippen LogP contribution in [0.2, 0.25) is 0 Å². The molecule has 0 fully saturated rings. The van der Waals surface area contributed by atoms with Gasteiger partial charge in [-0.05, 0) is 30.3 Å². The van der Waals surface area contributed by atoms with Crippen molar-refractivity contribution in [2.24, 2.45) is 0 Å². The van der Waals surface area contributed by atoms with E-state index in [2.05, 4.69) is 25.9 Å². The molecule has 0 bridgehead atoms. The summed E-state index contributed by atoms with van der Waals surface area (Å²) in [6, 6.07) is 12.5. The van der Waals surface area contributed by atoms with Crippen LogP contribution in [0.4, 0.5) is 17.1 Å². The second-order valence-electron chi connectivity index (χ2n) is 5.97. The summed E-state index contributed by atoms with van der Waals surface area (Å²) in [5, 5.41) is 8.96. The number of rotatable bonds is 4. The zero-order chi connectivity index (χ0) is 17.9. The van der Waals surface area contributed by atoms with Gasteiger partial charge < -0.3 is 20.9 Å². The van der Waals surface area contributed by atoms with Crippen molar-refractivity contribution in [1.82, 2.24) is 15.3 Å². The lowest BCUT2D eigenvalue weighted by molar-refractivity contribution is 0.0952. The van der Waals surface area contributed by atoms with Crippen LogP contribution < -0.4 is 16.0 Å². The van der Waals surface area contributed by atoms with Crippen LogP contribution in [0.15, 0.2) is 55.0 Å². The maximum atomic E-state index is 12.4. The lowest BCUT2D eigenvalue weighted by atomic mass is 10.1. The Hall–Kier alpha value is -3.61.